The van der Waals surface area contributed by atoms with Crippen molar-refractivity contribution in [1.29, 1.82) is 0 Å². The molecule has 0 radical (unpaired) electrons. The van der Waals surface area contributed by atoms with Crippen molar-refractivity contribution in [2.45, 2.75) is 6.10 Å². The average Bonchev–Trinajstić information content (AvgIpc) is 2.89. The lowest BCUT2D eigenvalue weighted by atomic mass is 10.3. The number of nitrogens with zero attached hydrogens (tertiary/aromatic N) is 3. The Balaban J connectivity index is 1.51. The molecule has 104 valence electrons. The summed E-state index contributed by atoms with van der Waals surface area (Å²) in [5.41, 5.74) is 8.06. The van der Waals surface area contributed by atoms with Crippen LogP contribution in [0.2, 0.25) is 0 Å². The molecule has 0 saturated carbocycles. The Morgan fingerprint density at radius 2 is 2.16 bits per heavy atom. The third-order valence-electron chi connectivity index (χ3n) is 2.39. The lowest BCUT2D eigenvalue weighted by molar-refractivity contribution is -0.0109. The smallest absolute Gasteiger partial charge is 0.172 e. The van der Waals surface area contributed by atoms with E-state index in [1.54, 1.807) is 11.3 Å². The third kappa shape index (κ3) is 4.60. The van der Waals surface area contributed by atoms with Crippen molar-refractivity contribution in [3.05, 3.63) is 21.2 Å². The fourth-order valence-corrected chi connectivity index (χ4v) is 2.20. The zero-order valence-corrected chi connectivity index (χ0v) is 11.2. The van der Waals surface area contributed by atoms with Gasteiger partial charge in [-0.15, -0.1) is 11.3 Å². The molecule has 1 aliphatic heterocycles. The largest absolute Gasteiger partial charge is 0.485 e. The summed E-state index contributed by atoms with van der Waals surface area (Å²) in [6.45, 7) is 2.67. The Bertz CT molecular complexity index is 433. The molecule has 1 aromatic heterocycles. The number of ether oxygens (including phenoxy) is 4. The number of fused-ring (bicyclic) bond motifs is 1. The van der Waals surface area contributed by atoms with Gasteiger partial charge in [-0.25, -0.2) is 0 Å². The van der Waals surface area contributed by atoms with Crippen molar-refractivity contribution >= 4 is 11.3 Å². The standard InChI is InChI=1S/C11H15N3O4S/c12-14-13-1-2-15-3-4-16-5-9-6-17-10-7-19-8-11(10)18-9/h7-9H,1-6H2. The van der Waals surface area contributed by atoms with Gasteiger partial charge in [0.1, 0.15) is 6.61 Å². The summed E-state index contributed by atoms with van der Waals surface area (Å²) in [4.78, 5) is 2.63. The quantitative estimate of drug-likeness (QED) is 0.317. The lowest BCUT2D eigenvalue weighted by Gasteiger charge is -2.24. The molecular weight excluding hydrogens is 270 g/mol. The highest BCUT2D eigenvalue weighted by Gasteiger charge is 2.21. The topological polar surface area (TPSA) is 85.7 Å². The van der Waals surface area contributed by atoms with Gasteiger partial charge in [0, 0.05) is 22.2 Å². The molecule has 1 unspecified atom stereocenters. The first kappa shape index (κ1) is 14.0. The molecule has 8 heteroatoms. The van der Waals surface area contributed by atoms with Crippen LogP contribution in [0.25, 0.3) is 10.4 Å². The number of rotatable bonds is 8. The molecule has 19 heavy (non-hydrogen) atoms. The fourth-order valence-electron chi connectivity index (χ4n) is 1.53. The van der Waals surface area contributed by atoms with Gasteiger partial charge in [0.05, 0.1) is 26.4 Å². The van der Waals surface area contributed by atoms with E-state index in [0.717, 1.165) is 11.5 Å². The molecule has 2 rings (SSSR count). The molecule has 0 saturated heterocycles. The Labute approximate surface area is 114 Å². The van der Waals surface area contributed by atoms with Gasteiger partial charge in [-0.05, 0) is 5.53 Å². The summed E-state index contributed by atoms with van der Waals surface area (Å²) in [6, 6.07) is 0. The Hall–Kier alpha value is -1.47. The van der Waals surface area contributed by atoms with E-state index in [1.165, 1.54) is 0 Å². The SMILES string of the molecule is [N-]=[N+]=NCCOCCOCC1COc2cscc2O1. The number of thiophene rings is 1. The first-order valence-corrected chi connectivity index (χ1v) is 6.86. The van der Waals surface area contributed by atoms with Crippen LogP contribution in [0.5, 0.6) is 11.5 Å². The minimum Gasteiger partial charge on any atom is -0.485 e. The zero-order valence-electron chi connectivity index (χ0n) is 10.4. The predicted molar refractivity (Wildman–Crippen MR) is 69.9 cm³/mol. The van der Waals surface area contributed by atoms with E-state index in [2.05, 4.69) is 10.0 Å². The van der Waals surface area contributed by atoms with Gasteiger partial charge >= 0.3 is 0 Å². The lowest BCUT2D eigenvalue weighted by Crippen LogP contribution is -2.33. The van der Waals surface area contributed by atoms with Gasteiger partial charge in [0.2, 0.25) is 0 Å². The predicted octanol–water partition coefficient (Wildman–Crippen LogP) is 2.23. The molecule has 0 bridgehead atoms. The van der Waals surface area contributed by atoms with Gasteiger partial charge in [-0.2, -0.15) is 0 Å². The number of azide groups is 1. The van der Waals surface area contributed by atoms with Gasteiger partial charge in [-0.3, -0.25) is 0 Å². The van der Waals surface area contributed by atoms with E-state index >= 15 is 0 Å². The molecule has 1 aliphatic rings. The van der Waals surface area contributed by atoms with E-state index < -0.39 is 0 Å². The van der Waals surface area contributed by atoms with Crippen LogP contribution in [0.4, 0.5) is 0 Å². The minimum absolute atomic E-state index is 0.0784. The minimum atomic E-state index is -0.0784. The maximum absolute atomic E-state index is 8.06. The molecule has 0 amide bonds. The van der Waals surface area contributed by atoms with Crippen molar-refractivity contribution in [2.75, 3.05) is 39.6 Å². The van der Waals surface area contributed by atoms with Crippen molar-refractivity contribution in [3.63, 3.8) is 0 Å². The van der Waals surface area contributed by atoms with Crippen LogP contribution in [-0.2, 0) is 9.47 Å². The molecule has 0 spiro atoms. The van der Waals surface area contributed by atoms with Crippen LogP contribution in [-0.4, -0.2) is 45.7 Å². The second-order valence-electron chi connectivity index (χ2n) is 3.79. The Kier molecular flexibility index (Phi) is 5.77. The first-order chi connectivity index (χ1) is 9.40. The summed E-state index contributed by atoms with van der Waals surface area (Å²) in [5.74, 6) is 1.60. The van der Waals surface area contributed by atoms with Gasteiger partial charge in [-0.1, -0.05) is 5.11 Å². The summed E-state index contributed by atoms with van der Waals surface area (Å²) in [7, 11) is 0. The first-order valence-electron chi connectivity index (χ1n) is 5.92. The van der Waals surface area contributed by atoms with Crippen molar-refractivity contribution in [2.24, 2.45) is 5.11 Å². The van der Waals surface area contributed by atoms with Crippen LogP contribution in [0.3, 0.4) is 0 Å². The van der Waals surface area contributed by atoms with E-state index in [0.29, 0.717) is 39.6 Å². The summed E-state index contributed by atoms with van der Waals surface area (Å²) in [6.07, 6.45) is -0.0784. The molecule has 0 aliphatic carbocycles. The van der Waals surface area contributed by atoms with Crippen LogP contribution in [0.15, 0.2) is 15.9 Å². The van der Waals surface area contributed by atoms with Crippen LogP contribution < -0.4 is 9.47 Å². The maximum Gasteiger partial charge on any atom is 0.172 e. The van der Waals surface area contributed by atoms with Crippen molar-refractivity contribution in [1.82, 2.24) is 0 Å². The summed E-state index contributed by atoms with van der Waals surface area (Å²) >= 11 is 1.55. The molecule has 1 atom stereocenters. The average molecular weight is 285 g/mol. The molecule has 0 aromatic carbocycles. The van der Waals surface area contributed by atoms with Gasteiger partial charge in [0.15, 0.2) is 17.6 Å². The van der Waals surface area contributed by atoms with Crippen LogP contribution >= 0.6 is 11.3 Å². The maximum atomic E-state index is 8.06. The second-order valence-corrected chi connectivity index (χ2v) is 4.54. The highest BCUT2D eigenvalue weighted by atomic mass is 32.1. The molecule has 7 nitrogen and oxygen atoms in total. The fraction of sp³-hybridized carbons (Fsp3) is 0.636. The molecular formula is C11H15N3O4S. The van der Waals surface area contributed by atoms with E-state index in [4.69, 9.17) is 24.5 Å². The van der Waals surface area contributed by atoms with E-state index in [1.807, 2.05) is 10.8 Å². The Morgan fingerprint density at radius 3 is 3.05 bits per heavy atom. The highest BCUT2D eigenvalue weighted by Crippen LogP contribution is 2.35. The van der Waals surface area contributed by atoms with E-state index in [9.17, 15) is 0 Å². The second kappa shape index (κ2) is 7.85. The monoisotopic (exact) mass is 285 g/mol. The Morgan fingerprint density at radius 1 is 1.32 bits per heavy atom. The van der Waals surface area contributed by atoms with Crippen LogP contribution in [0, 0.1) is 0 Å². The van der Waals surface area contributed by atoms with Gasteiger partial charge < -0.3 is 18.9 Å². The van der Waals surface area contributed by atoms with Crippen molar-refractivity contribution < 1.29 is 18.9 Å². The third-order valence-corrected chi connectivity index (χ3v) is 3.09. The summed E-state index contributed by atoms with van der Waals surface area (Å²) < 4.78 is 21.9. The molecule has 0 N–H and O–H groups in total. The molecule has 0 fully saturated rings. The van der Waals surface area contributed by atoms with E-state index in [-0.39, 0.29) is 6.10 Å². The zero-order chi connectivity index (χ0) is 13.3. The summed E-state index contributed by atoms with van der Waals surface area (Å²) in [5, 5.41) is 7.20. The van der Waals surface area contributed by atoms with Crippen molar-refractivity contribution in [3.8, 4) is 11.5 Å². The normalized spacial score (nSPS) is 16.9. The number of hydrogen-bond donors (Lipinski definition) is 0. The van der Waals surface area contributed by atoms with Crippen LogP contribution in [0.1, 0.15) is 0 Å². The highest BCUT2D eigenvalue weighted by molar-refractivity contribution is 7.08. The van der Waals surface area contributed by atoms with Gasteiger partial charge in [0.25, 0.3) is 0 Å². The molecule has 2 heterocycles. The number of hydrogen-bond acceptors (Lipinski definition) is 6. The molecule has 1 aromatic rings.